The topological polar surface area (TPSA) is 59.4 Å². The van der Waals surface area contributed by atoms with Crippen LogP contribution in [0.1, 0.15) is 35.1 Å². The summed E-state index contributed by atoms with van der Waals surface area (Å²) in [6, 6.07) is 45.0. The third-order valence-electron chi connectivity index (χ3n) is 10.9. The van der Waals surface area contributed by atoms with Crippen LogP contribution in [0.5, 0.6) is 0 Å². The van der Waals surface area contributed by atoms with E-state index in [0.717, 1.165) is 62.8 Å². The Labute approximate surface area is 308 Å². The van der Waals surface area contributed by atoms with Gasteiger partial charge in [-0.05, 0) is 67.3 Å². The fourth-order valence-electron chi connectivity index (χ4n) is 7.88. The molecule has 54 heavy (non-hydrogen) atoms. The summed E-state index contributed by atoms with van der Waals surface area (Å²) in [6.07, 6.45) is -0.671. The van der Waals surface area contributed by atoms with Crippen LogP contribution in [-0.2, 0) is 11.6 Å². The molecule has 0 spiro atoms. The number of hydrogen-bond donors (Lipinski definition) is 1. The van der Waals surface area contributed by atoms with E-state index < -0.39 is 11.7 Å². The molecule has 0 atom stereocenters. The first-order valence-electron chi connectivity index (χ1n) is 18.0. The van der Waals surface area contributed by atoms with E-state index in [-0.39, 0.29) is 11.1 Å². The van der Waals surface area contributed by atoms with Crippen molar-refractivity contribution in [3.05, 3.63) is 168 Å². The monoisotopic (exact) mass is 711 g/mol. The molecule has 0 bridgehead atoms. The van der Waals surface area contributed by atoms with Crippen molar-refractivity contribution in [1.82, 2.24) is 24.5 Å². The van der Waals surface area contributed by atoms with Gasteiger partial charge in [-0.3, -0.25) is 0 Å². The van der Waals surface area contributed by atoms with E-state index in [4.69, 9.17) is 15.0 Å². The van der Waals surface area contributed by atoms with Gasteiger partial charge in [-0.1, -0.05) is 109 Å². The zero-order valence-electron chi connectivity index (χ0n) is 29.2. The maximum atomic E-state index is 13.9. The van der Waals surface area contributed by atoms with Crippen molar-refractivity contribution < 1.29 is 13.2 Å². The third-order valence-corrected chi connectivity index (χ3v) is 10.9. The number of para-hydroxylation sites is 1. The van der Waals surface area contributed by atoms with E-state index in [0.29, 0.717) is 23.0 Å². The van der Waals surface area contributed by atoms with E-state index in [1.54, 1.807) is 16.8 Å². The first-order valence-corrected chi connectivity index (χ1v) is 18.0. The molecule has 9 aromatic rings. The summed E-state index contributed by atoms with van der Waals surface area (Å²) in [6.45, 7) is 2.06. The zero-order valence-corrected chi connectivity index (χ0v) is 29.2. The minimum absolute atomic E-state index is 0.105. The van der Waals surface area contributed by atoms with Crippen LogP contribution in [0, 0.1) is 6.92 Å². The van der Waals surface area contributed by atoms with Crippen molar-refractivity contribution in [2.45, 2.75) is 31.4 Å². The SMILES string of the molecule is Cc1ccc(-c2nc(-c3ccccc3)nc(-c3ccc(C4(c5ccc6[nH]c7c(ccc8c7ccn8-c7ccccc7C(F)(F)F)c6c5)CC4)cc3)n2)cc1. The number of benzene rings is 6. The largest absolute Gasteiger partial charge is 0.418 e. The highest BCUT2D eigenvalue weighted by atomic mass is 19.4. The van der Waals surface area contributed by atoms with Crippen LogP contribution in [0.25, 0.3) is 72.6 Å². The highest BCUT2D eigenvalue weighted by Crippen LogP contribution is 2.54. The van der Waals surface area contributed by atoms with Gasteiger partial charge in [0.05, 0.1) is 22.3 Å². The Morgan fingerprint density at radius 2 is 1.20 bits per heavy atom. The standard InChI is InChI=1S/C46H32F3N5/c1-28-11-13-30(14-12-28)43-51-42(29-7-3-2-4-8-29)52-44(53-43)31-15-17-32(18-16-31)45(24-25-45)33-19-21-38-36(27-33)34-20-22-39-35(41(34)50-38)23-26-54(39)40-10-6-5-9-37(40)46(47,48)49/h2-23,26-27,50H,24-25H2,1H3. The predicted octanol–water partition coefficient (Wildman–Crippen LogP) is 11.9. The van der Waals surface area contributed by atoms with Crippen LogP contribution >= 0.6 is 0 Å². The third kappa shape index (κ3) is 5.28. The molecular weight excluding hydrogens is 680 g/mol. The van der Waals surface area contributed by atoms with Crippen LogP contribution in [0.2, 0.25) is 0 Å². The number of nitrogens with one attached hydrogen (secondary N) is 1. The Hall–Kier alpha value is -6.54. The molecule has 6 aromatic carbocycles. The number of nitrogens with zero attached hydrogens (tertiary/aromatic N) is 4. The second kappa shape index (κ2) is 12.0. The van der Waals surface area contributed by atoms with Gasteiger partial charge in [0.1, 0.15) is 0 Å². The van der Waals surface area contributed by atoms with Gasteiger partial charge < -0.3 is 9.55 Å². The van der Waals surface area contributed by atoms with E-state index in [9.17, 15) is 13.2 Å². The molecule has 1 aliphatic carbocycles. The van der Waals surface area contributed by atoms with Gasteiger partial charge in [0.15, 0.2) is 17.5 Å². The Kier molecular flexibility index (Phi) is 7.14. The summed E-state index contributed by atoms with van der Waals surface area (Å²) in [5, 5.41) is 3.01. The fraction of sp³-hybridized carbons (Fsp3) is 0.109. The molecule has 10 rings (SSSR count). The van der Waals surface area contributed by atoms with Crippen molar-refractivity contribution in [2.75, 3.05) is 0 Å². The van der Waals surface area contributed by atoms with Crippen LogP contribution < -0.4 is 0 Å². The van der Waals surface area contributed by atoms with E-state index in [1.807, 2.05) is 60.7 Å². The molecule has 1 N–H and O–H groups in total. The molecular formula is C46H32F3N5. The van der Waals surface area contributed by atoms with Crippen LogP contribution in [0.15, 0.2) is 146 Å². The predicted molar refractivity (Wildman–Crippen MR) is 209 cm³/mol. The summed E-state index contributed by atoms with van der Waals surface area (Å²) < 4.78 is 43.4. The number of aromatic nitrogens is 5. The van der Waals surface area contributed by atoms with Gasteiger partial charge >= 0.3 is 6.18 Å². The van der Waals surface area contributed by atoms with Gasteiger partial charge in [0, 0.05) is 50.0 Å². The maximum absolute atomic E-state index is 13.9. The van der Waals surface area contributed by atoms with Crippen molar-refractivity contribution >= 4 is 32.7 Å². The van der Waals surface area contributed by atoms with Crippen molar-refractivity contribution in [1.29, 1.82) is 0 Å². The molecule has 3 aromatic heterocycles. The number of H-pyrrole nitrogens is 1. The molecule has 8 heteroatoms. The molecule has 1 saturated carbocycles. The molecule has 0 amide bonds. The van der Waals surface area contributed by atoms with Gasteiger partial charge in [-0.15, -0.1) is 0 Å². The van der Waals surface area contributed by atoms with Crippen LogP contribution in [0.3, 0.4) is 0 Å². The fourth-order valence-corrected chi connectivity index (χ4v) is 7.88. The molecule has 3 heterocycles. The number of aromatic amines is 1. The molecule has 262 valence electrons. The summed E-state index contributed by atoms with van der Waals surface area (Å²) in [4.78, 5) is 18.3. The van der Waals surface area contributed by atoms with Gasteiger partial charge in [0.2, 0.25) is 0 Å². The summed E-state index contributed by atoms with van der Waals surface area (Å²) in [5.74, 6) is 1.89. The lowest BCUT2D eigenvalue weighted by Crippen LogP contribution is -2.10. The zero-order chi connectivity index (χ0) is 36.6. The second-order valence-corrected chi connectivity index (χ2v) is 14.2. The van der Waals surface area contributed by atoms with Crippen LogP contribution in [-0.4, -0.2) is 24.5 Å². The first kappa shape index (κ1) is 32.1. The van der Waals surface area contributed by atoms with Crippen molar-refractivity contribution in [2.24, 2.45) is 0 Å². The number of alkyl halides is 3. The van der Waals surface area contributed by atoms with E-state index in [1.165, 1.54) is 28.8 Å². The lowest BCUT2D eigenvalue weighted by molar-refractivity contribution is -0.137. The maximum Gasteiger partial charge on any atom is 0.418 e. The number of hydrogen-bond acceptors (Lipinski definition) is 3. The molecule has 1 fully saturated rings. The number of fused-ring (bicyclic) bond motifs is 5. The minimum Gasteiger partial charge on any atom is -0.354 e. The quantitative estimate of drug-likeness (QED) is 0.187. The number of aryl methyl sites for hydroxylation is 1. The Bertz CT molecular complexity index is 2870. The number of rotatable bonds is 6. The average molecular weight is 712 g/mol. The van der Waals surface area contributed by atoms with E-state index in [2.05, 4.69) is 66.5 Å². The van der Waals surface area contributed by atoms with Crippen molar-refractivity contribution in [3.8, 4) is 39.9 Å². The van der Waals surface area contributed by atoms with Gasteiger partial charge in [0.25, 0.3) is 0 Å². The molecule has 0 aliphatic heterocycles. The molecule has 1 aliphatic rings. The highest BCUT2D eigenvalue weighted by Gasteiger charge is 2.46. The number of halogens is 3. The van der Waals surface area contributed by atoms with Crippen molar-refractivity contribution in [3.63, 3.8) is 0 Å². The average Bonchev–Trinajstić information content (AvgIpc) is 3.76. The van der Waals surface area contributed by atoms with Crippen LogP contribution in [0.4, 0.5) is 13.2 Å². The second-order valence-electron chi connectivity index (χ2n) is 14.2. The summed E-state index contributed by atoms with van der Waals surface area (Å²) in [7, 11) is 0. The normalized spacial score (nSPS) is 13.9. The minimum atomic E-state index is -4.46. The lowest BCUT2D eigenvalue weighted by atomic mass is 9.87. The molecule has 0 saturated heterocycles. The van der Waals surface area contributed by atoms with Gasteiger partial charge in [-0.2, -0.15) is 13.2 Å². The Morgan fingerprint density at radius 1 is 0.593 bits per heavy atom. The Morgan fingerprint density at radius 3 is 1.87 bits per heavy atom. The molecule has 5 nitrogen and oxygen atoms in total. The molecule has 0 unspecified atom stereocenters. The summed E-state index contributed by atoms with van der Waals surface area (Å²) in [5.41, 5.74) is 8.40. The molecule has 0 radical (unpaired) electrons. The first-order chi connectivity index (χ1) is 26.2. The highest BCUT2D eigenvalue weighted by molar-refractivity contribution is 6.17. The van der Waals surface area contributed by atoms with Gasteiger partial charge in [-0.25, -0.2) is 15.0 Å². The van der Waals surface area contributed by atoms with E-state index >= 15 is 0 Å². The summed E-state index contributed by atoms with van der Waals surface area (Å²) >= 11 is 0. The lowest BCUT2D eigenvalue weighted by Gasteiger charge is -2.17. The smallest absolute Gasteiger partial charge is 0.354 e. The Balaban J connectivity index is 1.01.